The minimum absolute atomic E-state index is 0.0111. The van der Waals surface area contributed by atoms with Crippen LogP contribution in [0.15, 0.2) is 48.5 Å². The number of carbonyl (C=O) groups is 4. The van der Waals surface area contributed by atoms with Gasteiger partial charge < -0.3 is 19.7 Å². The Morgan fingerprint density at radius 3 is 2.37 bits per heavy atom. The first-order valence-corrected chi connectivity index (χ1v) is 21.0. The lowest BCUT2D eigenvalue weighted by atomic mass is 9.78. The van der Waals surface area contributed by atoms with E-state index < -0.39 is 42.6 Å². The molecule has 3 aromatic carbocycles. The van der Waals surface area contributed by atoms with Crippen LogP contribution in [0.5, 0.6) is 0 Å². The van der Waals surface area contributed by atoms with Crippen molar-refractivity contribution in [3.63, 3.8) is 0 Å². The number of carbonyl (C=O) groups excluding carboxylic acids is 4. The van der Waals surface area contributed by atoms with Crippen LogP contribution < -0.4 is 10.2 Å². The van der Waals surface area contributed by atoms with Crippen LogP contribution in [-0.4, -0.2) is 106 Å². The normalized spacial score (nSPS) is 24.2. The number of imide groups is 1. The second-order valence-corrected chi connectivity index (χ2v) is 17.8. The number of nitrogens with zero attached hydrogens (tertiary/aromatic N) is 5. The van der Waals surface area contributed by atoms with Crippen LogP contribution in [0.4, 0.5) is 23.2 Å². The number of halogens is 4. The van der Waals surface area contributed by atoms with Gasteiger partial charge in [-0.25, -0.2) is 17.6 Å². The second kappa shape index (κ2) is 14.7. The van der Waals surface area contributed by atoms with Crippen molar-refractivity contribution in [2.75, 3.05) is 44.2 Å². The molecule has 1 spiro atoms. The molecule has 6 aliphatic heterocycles. The highest BCUT2D eigenvalue weighted by Crippen LogP contribution is 2.46. The zero-order valence-electron chi connectivity index (χ0n) is 33.4. The second-order valence-electron chi connectivity index (χ2n) is 17.8. The summed E-state index contributed by atoms with van der Waals surface area (Å²) in [5.74, 6) is -2.50. The number of piperidine rings is 2. The number of rotatable bonds is 7. The summed E-state index contributed by atoms with van der Waals surface area (Å²) in [5, 5.41) is 3.27. The van der Waals surface area contributed by atoms with Gasteiger partial charge in [-0.05, 0) is 104 Å². The lowest BCUT2D eigenvalue weighted by molar-refractivity contribution is -0.137. The molecule has 6 aliphatic rings. The number of benzene rings is 3. The van der Waals surface area contributed by atoms with Gasteiger partial charge in [0.1, 0.15) is 17.7 Å². The first-order chi connectivity index (χ1) is 28.8. The van der Waals surface area contributed by atoms with Crippen LogP contribution in [0.2, 0.25) is 0 Å². The Morgan fingerprint density at radius 1 is 0.917 bits per heavy atom. The van der Waals surface area contributed by atoms with Crippen LogP contribution in [0, 0.1) is 17.0 Å². The molecule has 2 N–H and O–H groups in total. The topological polar surface area (TPSA) is 112 Å². The Labute approximate surface area is 344 Å². The van der Waals surface area contributed by atoms with Gasteiger partial charge in [-0.2, -0.15) is 0 Å². The number of hydrogen-bond donors (Lipinski definition) is 2. The average Bonchev–Trinajstić information content (AvgIpc) is 3.99. The van der Waals surface area contributed by atoms with Gasteiger partial charge in [0.2, 0.25) is 17.7 Å². The summed E-state index contributed by atoms with van der Waals surface area (Å²) >= 11 is 0. The molecule has 0 bridgehead atoms. The lowest BCUT2D eigenvalue weighted by Gasteiger charge is -2.41. The summed E-state index contributed by atoms with van der Waals surface area (Å²) in [6.07, 6.45) is 0.838. The molecule has 3 atom stereocenters. The summed E-state index contributed by atoms with van der Waals surface area (Å²) in [6.45, 7) is 5.32. The van der Waals surface area contributed by atoms with Crippen LogP contribution >= 0.6 is 0 Å². The van der Waals surface area contributed by atoms with Crippen molar-refractivity contribution in [1.82, 2.24) is 29.9 Å². The fraction of sp³-hybridized carbons (Fsp3) is 0.467. The number of para-hydroxylation sites is 1. The first kappa shape index (κ1) is 38.9. The van der Waals surface area contributed by atoms with Crippen molar-refractivity contribution >= 4 is 40.2 Å². The molecule has 1 unspecified atom stereocenters. The molecule has 7 heterocycles. The minimum Gasteiger partial charge on any atom is -0.371 e. The van der Waals surface area contributed by atoms with Gasteiger partial charge in [0.05, 0.1) is 19.1 Å². The van der Waals surface area contributed by atoms with Crippen molar-refractivity contribution in [3.05, 3.63) is 99.2 Å². The smallest absolute Gasteiger partial charge is 0.255 e. The number of aromatic amines is 1. The average molecular weight is 826 g/mol. The number of amides is 4. The van der Waals surface area contributed by atoms with Crippen molar-refractivity contribution in [3.8, 4) is 0 Å². The Balaban J connectivity index is 0.774. The maximum atomic E-state index is 16.4. The predicted molar refractivity (Wildman–Crippen MR) is 214 cm³/mol. The van der Waals surface area contributed by atoms with E-state index in [1.165, 1.54) is 21.9 Å². The fourth-order valence-corrected chi connectivity index (χ4v) is 11.0. The Morgan fingerprint density at radius 2 is 1.63 bits per heavy atom. The molecule has 0 aliphatic carbocycles. The summed E-state index contributed by atoms with van der Waals surface area (Å²) in [6, 6.07) is 12.1. The third-order valence-electron chi connectivity index (χ3n) is 14.2. The highest BCUT2D eigenvalue weighted by molar-refractivity contribution is 6.05. The van der Waals surface area contributed by atoms with E-state index in [9.17, 15) is 28.0 Å². The lowest BCUT2D eigenvalue weighted by Crippen LogP contribution is -2.52. The number of hydrogen-bond acceptors (Lipinski definition) is 7. The van der Waals surface area contributed by atoms with E-state index in [2.05, 4.69) is 15.2 Å². The highest BCUT2D eigenvalue weighted by atomic mass is 19.3. The van der Waals surface area contributed by atoms with Crippen molar-refractivity contribution in [2.45, 2.75) is 89.6 Å². The Kier molecular flexibility index (Phi) is 9.54. The van der Waals surface area contributed by atoms with Crippen LogP contribution in [-0.2, 0) is 40.4 Å². The van der Waals surface area contributed by atoms with Crippen molar-refractivity contribution in [1.29, 1.82) is 0 Å². The molecule has 0 radical (unpaired) electrons. The molecule has 4 aromatic rings. The SMILES string of the molecule is C[C@@H]1Cc2c([nH]c3ccccc23)[C@@H](c2c(F)cc(N3CCC4(CCN(CC(=O)N5Cc6cc7c(cc6C5)C(=O)N(C5CCC(=O)NC5=O)C7)CC4)C3)cc2F)N1CC(F)F. The van der Waals surface area contributed by atoms with Gasteiger partial charge in [0.25, 0.3) is 12.3 Å². The van der Waals surface area contributed by atoms with E-state index in [1.54, 1.807) is 0 Å². The summed E-state index contributed by atoms with van der Waals surface area (Å²) in [5.41, 5.74) is 5.70. The molecule has 0 saturated carbocycles. The standard InChI is InChI=1S/C45H47F4N7O4/c1-25-14-32-30-4-2-3-5-35(30)50-41(32)42(55(25)22-37(48)49)40-33(46)17-29(18-34(40)47)53-13-10-45(24-53)8-11-52(12-9-45)23-39(58)54-19-26-15-28-21-56(36-6-7-38(57)51-43(36)59)44(60)31(28)16-27(26)20-54/h2-5,15-18,25,36-37,42,50H,6-14,19-24H2,1H3,(H,51,57,59)/t25-,36?,42-/m1/s1. The molecule has 11 nitrogen and oxygen atoms in total. The van der Waals surface area contributed by atoms with E-state index >= 15 is 8.78 Å². The van der Waals surface area contributed by atoms with Crippen LogP contribution in [0.25, 0.3) is 10.9 Å². The van der Waals surface area contributed by atoms with E-state index in [1.807, 2.05) is 53.1 Å². The van der Waals surface area contributed by atoms with Gasteiger partial charge in [-0.15, -0.1) is 0 Å². The molecule has 15 heteroatoms. The maximum absolute atomic E-state index is 16.4. The zero-order valence-corrected chi connectivity index (χ0v) is 33.4. The quantitative estimate of drug-likeness (QED) is 0.183. The fourth-order valence-electron chi connectivity index (χ4n) is 11.0. The van der Waals surface area contributed by atoms with Crippen LogP contribution in [0.1, 0.15) is 88.9 Å². The van der Waals surface area contributed by atoms with Gasteiger partial charge in [0.15, 0.2) is 0 Å². The van der Waals surface area contributed by atoms with Crippen LogP contribution in [0.3, 0.4) is 0 Å². The molecule has 60 heavy (non-hydrogen) atoms. The molecule has 3 fully saturated rings. The minimum atomic E-state index is -2.67. The first-order valence-electron chi connectivity index (χ1n) is 21.0. The molecule has 314 valence electrons. The number of H-pyrrole nitrogens is 1. The summed E-state index contributed by atoms with van der Waals surface area (Å²) < 4.78 is 60.6. The van der Waals surface area contributed by atoms with Gasteiger partial charge in [0, 0.05) is 78.6 Å². The van der Waals surface area contributed by atoms with E-state index in [-0.39, 0.29) is 47.7 Å². The molecular formula is C45H47F4N7O4. The Hall–Kier alpha value is -5.28. The predicted octanol–water partition coefficient (Wildman–Crippen LogP) is 5.64. The third kappa shape index (κ3) is 6.64. The van der Waals surface area contributed by atoms with Gasteiger partial charge in [-0.1, -0.05) is 24.3 Å². The molecule has 1 aromatic heterocycles. The maximum Gasteiger partial charge on any atom is 0.255 e. The van der Waals surface area contributed by atoms with Gasteiger partial charge in [-0.3, -0.25) is 34.3 Å². The Bertz CT molecular complexity index is 2420. The highest BCUT2D eigenvalue weighted by Gasteiger charge is 2.44. The number of nitrogens with one attached hydrogen (secondary N) is 2. The number of likely N-dealkylation sites (tertiary alicyclic amines) is 1. The molecule has 10 rings (SSSR count). The third-order valence-corrected chi connectivity index (χ3v) is 14.2. The number of aromatic nitrogens is 1. The number of alkyl halides is 2. The molecule has 3 saturated heterocycles. The summed E-state index contributed by atoms with van der Waals surface area (Å²) in [4.78, 5) is 63.4. The number of fused-ring (bicyclic) bond motifs is 5. The summed E-state index contributed by atoms with van der Waals surface area (Å²) in [7, 11) is 0. The monoisotopic (exact) mass is 825 g/mol. The van der Waals surface area contributed by atoms with Gasteiger partial charge >= 0.3 is 0 Å². The van der Waals surface area contributed by atoms with Crippen molar-refractivity contribution < 1.29 is 36.7 Å². The zero-order chi connectivity index (χ0) is 41.6. The molecule has 4 amide bonds. The van der Waals surface area contributed by atoms with E-state index in [4.69, 9.17) is 0 Å². The van der Waals surface area contributed by atoms with E-state index in [0.717, 1.165) is 52.4 Å². The number of anilines is 1. The van der Waals surface area contributed by atoms with Crippen molar-refractivity contribution in [2.24, 2.45) is 5.41 Å². The molecular weight excluding hydrogens is 779 g/mol. The largest absolute Gasteiger partial charge is 0.371 e. The van der Waals surface area contributed by atoms with E-state index in [0.29, 0.717) is 75.6 Å².